The number of ether oxygens (including phenoxy) is 2. The molecule has 1 heterocycles. The Morgan fingerprint density at radius 2 is 2.29 bits per heavy atom. The average Bonchev–Trinajstić information content (AvgIpc) is 2.79. The summed E-state index contributed by atoms with van der Waals surface area (Å²) in [6, 6.07) is 0. The van der Waals surface area contributed by atoms with Crippen molar-refractivity contribution in [2.45, 2.75) is 32.7 Å². The molecule has 0 aromatic carbocycles. The summed E-state index contributed by atoms with van der Waals surface area (Å²) in [7, 11) is 0. The maximum atomic E-state index is 11.5. The summed E-state index contributed by atoms with van der Waals surface area (Å²) in [6.07, 6.45) is 0.741. The minimum Gasteiger partial charge on any atom is -0.348 e. The zero-order valence-electron chi connectivity index (χ0n) is 12.4. The Bertz CT molecular complexity index is 416. The van der Waals surface area contributed by atoms with Gasteiger partial charge in [0.25, 0.3) is 0 Å². The van der Waals surface area contributed by atoms with Gasteiger partial charge in [-0.15, -0.1) is 11.8 Å². The lowest BCUT2D eigenvalue weighted by Crippen LogP contribution is -2.29. The number of hydrogen-bond acceptors (Lipinski definition) is 8. The maximum absolute atomic E-state index is 11.5. The fraction of sp³-hybridized carbons (Fsp3) is 0.818. The first kappa shape index (κ1) is 18.4. The van der Waals surface area contributed by atoms with Crippen molar-refractivity contribution in [3.63, 3.8) is 0 Å². The van der Waals surface area contributed by atoms with Crippen LogP contribution in [-0.2, 0) is 29.6 Å². The third-order valence-corrected chi connectivity index (χ3v) is 3.78. The van der Waals surface area contributed by atoms with Crippen LogP contribution in [0, 0.1) is 0 Å². The van der Waals surface area contributed by atoms with Gasteiger partial charge in [-0.25, -0.2) is 9.00 Å². The molecule has 8 nitrogen and oxygen atoms in total. The van der Waals surface area contributed by atoms with E-state index >= 15 is 0 Å². The van der Waals surface area contributed by atoms with Gasteiger partial charge in [0, 0.05) is 0 Å². The molecule has 0 aromatic heterocycles. The van der Waals surface area contributed by atoms with Crippen LogP contribution in [0.1, 0.15) is 20.8 Å². The van der Waals surface area contributed by atoms with Gasteiger partial charge in [-0.1, -0.05) is 5.16 Å². The van der Waals surface area contributed by atoms with Crippen molar-refractivity contribution in [2.24, 2.45) is 5.16 Å². The number of thioether (sulfide) groups is 1. The van der Waals surface area contributed by atoms with Crippen LogP contribution >= 0.6 is 11.8 Å². The van der Waals surface area contributed by atoms with Gasteiger partial charge < -0.3 is 14.8 Å². The van der Waals surface area contributed by atoms with Gasteiger partial charge in [0.1, 0.15) is 17.0 Å². The topological polar surface area (TPSA) is 95.5 Å². The van der Waals surface area contributed by atoms with E-state index in [1.807, 2.05) is 0 Å². The summed E-state index contributed by atoms with van der Waals surface area (Å²) in [5.74, 6) is -0.839. The van der Waals surface area contributed by atoms with Crippen molar-refractivity contribution in [1.82, 2.24) is 5.32 Å². The fourth-order valence-electron chi connectivity index (χ4n) is 1.33. The minimum atomic E-state index is -1.68. The van der Waals surface area contributed by atoms with Crippen LogP contribution in [0.15, 0.2) is 5.16 Å². The van der Waals surface area contributed by atoms with Crippen LogP contribution in [0.25, 0.3) is 0 Å². The molecule has 0 saturated carbocycles. The fourth-order valence-corrected chi connectivity index (χ4v) is 2.07. The van der Waals surface area contributed by atoms with E-state index in [1.54, 1.807) is 27.0 Å². The highest BCUT2D eigenvalue weighted by molar-refractivity contribution is 8.13. The molecule has 1 aliphatic heterocycles. The van der Waals surface area contributed by atoms with Gasteiger partial charge in [0.15, 0.2) is 16.9 Å². The summed E-state index contributed by atoms with van der Waals surface area (Å²) in [5.41, 5.74) is 0. The second kappa shape index (κ2) is 8.69. The van der Waals surface area contributed by atoms with Crippen LogP contribution < -0.4 is 5.32 Å². The number of carbonyl (C=O) groups excluding carboxylic acids is 1. The van der Waals surface area contributed by atoms with E-state index in [0.717, 1.165) is 0 Å². The molecule has 10 heteroatoms. The van der Waals surface area contributed by atoms with Crippen molar-refractivity contribution < 1.29 is 27.5 Å². The molecule has 2 unspecified atom stereocenters. The number of rotatable bonds is 6. The zero-order valence-corrected chi connectivity index (χ0v) is 14.0. The third-order valence-electron chi connectivity index (χ3n) is 2.34. The standard InChI is InChI=1S/C11H20N2O6S2/c1-8(20-4)13-19-10(14)12-7-21(15)17-6-9-5-16-11(2,3)18-9/h9H,5-7H2,1-4H3,(H,12,14). The molecule has 1 saturated heterocycles. The summed E-state index contributed by atoms with van der Waals surface area (Å²) >= 11 is -0.331. The van der Waals surface area contributed by atoms with Crippen molar-refractivity contribution >= 4 is 34.0 Å². The van der Waals surface area contributed by atoms with Crippen LogP contribution in [0.3, 0.4) is 0 Å². The Morgan fingerprint density at radius 3 is 2.86 bits per heavy atom. The lowest BCUT2D eigenvalue weighted by Gasteiger charge is -2.16. The highest BCUT2D eigenvalue weighted by Gasteiger charge is 2.33. The Labute approximate surface area is 130 Å². The average molecular weight is 340 g/mol. The van der Waals surface area contributed by atoms with Crippen molar-refractivity contribution in [3.8, 4) is 0 Å². The molecule has 0 bridgehead atoms. The third kappa shape index (κ3) is 7.77. The SMILES string of the molecule is CSC(C)=NOC(=O)NCS(=O)OCC1COC(C)(C)O1. The molecular weight excluding hydrogens is 320 g/mol. The Balaban J connectivity index is 2.15. The van der Waals surface area contributed by atoms with E-state index in [9.17, 15) is 9.00 Å². The van der Waals surface area contributed by atoms with Crippen LogP contribution in [-0.4, -0.2) is 52.6 Å². The van der Waals surface area contributed by atoms with Crippen LogP contribution in [0.4, 0.5) is 4.79 Å². The molecule has 1 amide bonds. The zero-order chi connectivity index (χ0) is 15.9. The number of nitrogens with one attached hydrogen (secondary N) is 1. The van der Waals surface area contributed by atoms with Crippen molar-refractivity contribution in [1.29, 1.82) is 0 Å². The van der Waals surface area contributed by atoms with Crippen LogP contribution in [0.2, 0.25) is 0 Å². The molecule has 1 N–H and O–H groups in total. The van der Waals surface area contributed by atoms with E-state index in [0.29, 0.717) is 11.7 Å². The lowest BCUT2D eigenvalue weighted by atomic mass is 10.4. The normalized spacial score (nSPS) is 22.9. The van der Waals surface area contributed by atoms with E-state index in [1.165, 1.54) is 11.8 Å². The minimum absolute atomic E-state index is 0.122. The van der Waals surface area contributed by atoms with Crippen LogP contribution in [0.5, 0.6) is 0 Å². The van der Waals surface area contributed by atoms with E-state index in [2.05, 4.69) is 15.3 Å². The van der Waals surface area contributed by atoms with Gasteiger partial charge in [-0.05, 0) is 27.0 Å². The highest BCUT2D eigenvalue weighted by atomic mass is 32.2. The number of hydrogen-bond donors (Lipinski definition) is 1. The molecule has 0 aromatic rings. The monoisotopic (exact) mass is 340 g/mol. The summed E-state index contributed by atoms with van der Waals surface area (Å²) in [6.45, 7) is 5.78. The van der Waals surface area contributed by atoms with Gasteiger partial charge in [0.2, 0.25) is 0 Å². The molecule has 21 heavy (non-hydrogen) atoms. The smallest absolute Gasteiger partial charge is 0.348 e. The summed E-state index contributed by atoms with van der Waals surface area (Å²) in [5, 5.41) is 6.42. The number of nitrogens with zero attached hydrogens (tertiary/aromatic N) is 1. The number of amides is 1. The first-order chi connectivity index (χ1) is 9.82. The van der Waals surface area contributed by atoms with E-state index in [-0.39, 0.29) is 18.6 Å². The number of oxime groups is 1. The Morgan fingerprint density at radius 1 is 1.57 bits per heavy atom. The molecule has 1 aliphatic rings. The molecule has 122 valence electrons. The van der Waals surface area contributed by atoms with Crippen molar-refractivity contribution in [3.05, 3.63) is 0 Å². The van der Waals surface area contributed by atoms with Gasteiger partial charge >= 0.3 is 6.09 Å². The Kier molecular flexibility index (Phi) is 7.60. The summed E-state index contributed by atoms with van der Waals surface area (Å²) < 4.78 is 27.4. The molecule has 0 spiro atoms. The number of carbonyl (C=O) groups is 1. The molecule has 1 rings (SSSR count). The summed E-state index contributed by atoms with van der Waals surface area (Å²) in [4.78, 5) is 15.8. The van der Waals surface area contributed by atoms with E-state index < -0.39 is 23.0 Å². The first-order valence-electron chi connectivity index (χ1n) is 6.19. The first-order valence-corrected chi connectivity index (χ1v) is 8.66. The van der Waals surface area contributed by atoms with E-state index in [4.69, 9.17) is 13.7 Å². The van der Waals surface area contributed by atoms with Gasteiger partial charge in [0.05, 0.1) is 13.2 Å². The molecule has 1 fully saturated rings. The predicted molar refractivity (Wildman–Crippen MR) is 80.1 cm³/mol. The molecule has 0 aliphatic carbocycles. The molecular formula is C11H20N2O6S2. The second-order valence-electron chi connectivity index (χ2n) is 4.55. The largest absolute Gasteiger partial charge is 0.434 e. The van der Waals surface area contributed by atoms with Gasteiger partial charge in [-0.2, -0.15) is 0 Å². The quantitative estimate of drug-likeness (QED) is 0.336. The molecule has 0 radical (unpaired) electrons. The maximum Gasteiger partial charge on any atom is 0.434 e. The second-order valence-corrected chi connectivity index (χ2v) is 6.68. The predicted octanol–water partition coefficient (Wildman–Crippen LogP) is 1.20. The van der Waals surface area contributed by atoms with Gasteiger partial charge in [-0.3, -0.25) is 9.02 Å². The van der Waals surface area contributed by atoms with Crippen molar-refractivity contribution in [2.75, 3.05) is 25.3 Å². The Hall–Kier alpha value is -0.680. The molecule has 2 atom stereocenters. The highest BCUT2D eigenvalue weighted by Crippen LogP contribution is 2.22. The lowest BCUT2D eigenvalue weighted by molar-refractivity contribution is -0.141.